The van der Waals surface area contributed by atoms with Gasteiger partial charge in [-0.3, -0.25) is 0 Å². The van der Waals surface area contributed by atoms with Crippen molar-refractivity contribution in [2.45, 2.75) is 51.5 Å². The second kappa shape index (κ2) is 9.00. The van der Waals surface area contributed by atoms with Gasteiger partial charge in [-0.15, -0.1) is 0 Å². The number of benzene rings is 1. The molecule has 88 valence electrons. The van der Waals surface area contributed by atoms with Crippen molar-refractivity contribution in [1.82, 2.24) is 0 Å². The zero-order chi connectivity index (χ0) is 11.6. The van der Waals surface area contributed by atoms with Crippen molar-refractivity contribution >= 4 is 30.6 Å². The molecule has 2 radical (unpaired) electrons. The predicted molar refractivity (Wildman–Crippen MR) is 77.7 cm³/mol. The standard InChI is InChI=1S/C14H21BrSi/c1-2-3-4-5-6-9-12-16-14-11-8-7-10-13(14)15/h7-8,10-11H,2-6,9,12H2,1H3. The van der Waals surface area contributed by atoms with Gasteiger partial charge in [0.15, 0.2) is 0 Å². The molecular weight excluding hydrogens is 276 g/mol. The largest absolute Gasteiger partial charge is 0.0823 e. The maximum absolute atomic E-state index is 3.61. The SMILES string of the molecule is CCCCCCCC[Si]c1ccccc1Br. The molecule has 1 rings (SSSR count). The zero-order valence-electron chi connectivity index (χ0n) is 10.1. The van der Waals surface area contributed by atoms with Crippen LogP contribution in [-0.2, 0) is 0 Å². The molecule has 1 aromatic carbocycles. The average Bonchev–Trinajstić information content (AvgIpc) is 2.30. The highest BCUT2D eigenvalue weighted by molar-refractivity contribution is 9.10. The van der Waals surface area contributed by atoms with Crippen LogP contribution in [0.15, 0.2) is 28.7 Å². The van der Waals surface area contributed by atoms with E-state index in [1.54, 1.807) is 0 Å². The molecule has 0 heterocycles. The van der Waals surface area contributed by atoms with E-state index in [1.807, 2.05) is 0 Å². The Bertz CT molecular complexity index is 286. The molecule has 1 aromatic rings. The Morgan fingerprint density at radius 3 is 2.44 bits per heavy atom. The highest BCUT2D eigenvalue weighted by Crippen LogP contribution is 2.09. The summed E-state index contributed by atoms with van der Waals surface area (Å²) >= 11 is 3.61. The maximum atomic E-state index is 3.61. The van der Waals surface area contributed by atoms with Gasteiger partial charge in [-0.1, -0.05) is 90.8 Å². The van der Waals surface area contributed by atoms with Crippen LogP contribution in [0.2, 0.25) is 6.04 Å². The summed E-state index contributed by atoms with van der Waals surface area (Å²) in [7, 11) is 0.969. The molecule has 0 aliphatic heterocycles. The summed E-state index contributed by atoms with van der Waals surface area (Å²) in [6.45, 7) is 2.27. The van der Waals surface area contributed by atoms with Crippen molar-refractivity contribution in [2.24, 2.45) is 0 Å². The molecule has 0 N–H and O–H groups in total. The third-order valence-corrected chi connectivity index (χ3v) is 5.20. The molecule has 0 aromatic heterocycles. The van der Waals surface area contributed by atoms with Crippen molar-refractivity contribution in [3.63, 3.8) is 0 Å². The number of halogens is 1. The van der Waals surface area contributed by atoms with Crippen LogP contribution in [0.25, 0.3) is 0 Å². The first-order valence-electron chi connectivity index (χ1n) is 6.33. The summed E-state index contributed by atoms with van der Waals surface area (Å²) in [5.74, 6) is 0. The minimum Gasteiger partial charge on any atom is -0.0654 e. The minimum atomic E-state index is 0.969. The predicted octanol–water partition coefficient (Wildman–Crippen LogP) is 4.56. The first-order valence-corrected chi connectivity index (χ1v) is 8.33. The molecule has 0 spiro atoms. The van der Waals surface area contributed by atoms with Crippen molar-refractivity contribution in [2.75, 3.05) is 0 Å². The van der Waals surface area contributed by atoms with E-state index in [2.05, 4.69) is 47.1 Å². The highest BCUT2D eigenvalue weighted by Gasteiger charge is 1.99. The monoisotopic (exact) mass is 296 g/mol. The van der Waals surface area contributed by atoms with Crippen molar-refractivity contribution in [3.05, 3.63) is 28.7 Å². The lowest BCUT2D eigenvalue weighted by Gasteiger charge is -2.03. The quantitative estimate of drug-likeness (QED) is 0.487. The van der Waals surface area contributed by atoms with E-state index in [-0.39, 0.29) is 0 Å². The van der Waals surface area contributed by atoms with Gasteiger partial charge in [-0.2, -0.15) is 0 Å². The Balaban J connectivity index is 2.05. The lowest BCUT2D eigenvalue weighted by molar-refractivity contribution is 0.624. The lowest BCUT2D eigenvalue weighted by atomic mass is 10.1. The van der Waals surface area contributed by atoms with Crippen LogP contribution in [0.1, 0.15) is 45.4 Å². The van der Waals surface area contributed by atoms with Crippen molar-refractivity contribution in [1.29, 1.82) is 0 Å². The second-order valence-electron chi connectivity index (χ2n) is 4.17. The summed E-state index contributed by atoms with van der Waals surface area (Å²) in [5, 5.41) is 1.48. The normalized spacial score (nSPS) is 10.6. The van der Waals surface area contributed by atoms with Gasteiger partial charge < -0.3 is 0 Å². The lowest BCUT2D eigenvalue weighted by Crippen LogP contribution is -2.14. The van der Waals surface area contributed by atoms with Gasteiger partial charge in [0.1, 0.15) is 0 Å². The first kappa shape index (κ1) is 14.0. The summed E-state index contributed by atoms with van der Waals surface area (Å²) in [6.07, 6.45) is 8.41. The molecule has 0 fully saturated rings. The highest BCUT2D eigenvalue weighted by atomic mass is 79.9. The fourth-order valence-corrected chi connectivity index (χ4v) is 3.60. The van der Waals surface area contributed by atoms with Gasteiger partial charge in [0.25, 0.3) is 0 Å². The van der Waals surface area contributed by atoms with Gasteiger partial charge in [0, 0.05) is 4.47 Å². The van der Waals surface area contributed by atoms with E-state index < -0.39 is 0 Å². The minimum absolute atomic E-state index is 0.969. The summed E-state index contributed by atoms with van der Waals surface area (Å²) in [5.41, 5.74) is 0. The summed E-state index contributed by atoms with van der Waals surface area (Å²) in [6, 6.07) is 9.95. The Labute approximate surface area is 111 Å². The second-order valence-corrected chi connectivity index (χ2v) is 6.42. The number of rotatable bonds is 8. The topological polar surface area (TPSA) is 0 Å². The third-order valence-electron chi connectivity index (χ3n) is 2.72. The molecular formula is C14H21BrSi. The maximum Gasteiger partial charge on any atom is 0.0823 e. The van der Waals surface area contributed by atoms with Crippen LogP contribution >= 0.6 is 15.9 Å². The molecule has 0 nitrogen and oxygen atoms in total. The summed E-state index contributed by atoms with van der Waals surface area (Å²) < 4.78 is 1.28. The van der Waals surface area contributed by atoms with Crippen LogP contribution in [0.5, 0.6) is 0 Å². The van der Waals surface area contributed by atoms with E-state index >= 15 is 0 Å². The van der Waals surface area contributed by atoms with Crippen LogP contribution in [-0.4, -0.2) is 9.52 Å². The fraction of sp³-hybridized carbons (Fsp3) is 0.571. The smallest absolute Gasteiger partial charge is 0.0654 e. The molecule has 2 heteroatoms. The van der Waals surface area contributed by atoms with Gasteiger partial charge in [0.05, 0.1) is 9.52 Å². The van der Waals surface area contributed by atoms with Gasteiger partial charge in [0.2, 0.25) is 0 Å². The van der Waals surface area contributed by atoms with E-state index in [0.717, 1.165) is 9.52 Å². The molecule has 0 amide bonds. The molecule has 0 aliphatic rings. The molecule has 0 aliphatic carbocycles. The van der Waals surface area contributed by atoms with Crippen molar-refractivity contribution in [3.8, 4) is 0 Å². The third kappa shape index (κ3) is 5.85. The number of hydrogen-bond donors (Lipinski definition) is 0. The van der Waals surface area contributed by atoms with Crippen LogP contribution in [0.4, 0.5) is 0 Å². The van der Waals surface area contributed by atoms with Crippen LogP contribution in [0.3, 0.4) is 0 Å². The van der Waals surface area contributed by atoms with E-state index in [4.69, 9.17) is 0 Å². The van der Waals surface area contributed by atoms with E-state index in [0.29, 0.717) is 0 Å². The summed E-state index contributed by atoms with van der Waals surface area (Å²) in [4.78, 5) is 0. The molecule has 0 unspecified atom stereocenters. The number of unbranched alkanes of at least 4 members (excludes halogenated alkanes) is 5. The molecule has 0 atom stereocenters. The van der Waals surface area contributed by atoms with Crippen molar-refractivity contribution < 1.29 is 0 Å². The first-order chi connectivity index (χ1) is 7.84. The Morgan fingerprint density at radius 1 is 1.00 bits per heavy atom. The van der Waals surface area contributed by atoms with Gasteiger partial charge in [-0.25, -0.2) is 0 Å². The van der Waals surface area contributed by atoms with Crippen LogP contribution < -0.4 is 5.19 Å². The molecule has 0 saturated carbocycles. The number of hydrogen-bond acceptors (Lipinski definition) is 0. The van der Waals surface area contributed by atoms with Crippen LogP contribution in [0, 0.1) is 0 Å². The molecule has 0 bridgehead atoms. The Kier molecular flexibility index (Phi) is 7.86. The van der Waals surface area contributed by atoms with E-state index in [1.165, 1.54) is 54.2 Å². The fourth-order valence-electron chi connectivity index (χ4n) is 1.73. The molecule has 16 heavy (non-hydrogen) atoms. The van der Waals surface area contributed by atoms with E-state index in [9.17, 15) is 0 Å². The molecule has 0 saturated heterocycles. The average molecular weight is 297 g/mol. The van der Waals surface area contributed by atoms with Gasteiger partial charge >= 0.3 is 0 Å². The Hall–Kier alpha value is -0.0831. The zero-order valence-corrected chi connectivity index (χ0v) is 12.7. The van der Waals surface area contributed by atoms with Gasteiger partial charge in [-0.05, 0) is 6.07 Å². The Morgan fingerprint density at radius 2 is 1.69 bits per heavy atom.